The van der Waals surface area contributed by atoms with Crippen LogP contribution >= 0.6 is 0 Å². The number of unbranched alkanes of at least 4 members (excludes halogenated alkanes) is 10. The fourth-order valence-corrected chi connectivity index (χ4v) is 3.96. The fourth-order valence-electron chi connectivity index (χ4n) is 3.96. The highest BCUT2D eigenvalue weighted by atomic mass is 16.4. The molecule has 0 saturated heterocycles. The monoisotopic (exact) mass is 352 g/mol. The number of aliphatic carboxylic acids is 2. The Labute approximate surface area is 152 Å². The van der Waals surface area contributed by atoms with Crippen LogP contribution in [0.15, 0.2) is 12.2 Å². The molecule has 0 spiro atoms. The van der Waals surface area contributed by atoms with Crippen LogP contribution in [0, 0.1) is 11.3 Å². The molecule has 2 unspecified atom stereocenters. The van der Waals surface area contributed by atoms with Gasteiger partial charge in [-0.1, -0.05) is 89.7 Å². The zero-order valence-corrected chi connectivity index (χ0v) is 15.8. The lowest BCUT2D eigenvalue weighted by Crippen LogP contribution is -2.43. The van der Waals surface area contributed by atoms with E-state index in [4.69, 9.17) is 0 Å². The van der Waals surface area contributed by atoms with E-state index in [0.717, 1.165) is 19.3 Å². The first-order valence-corrected chi connectivity index (χ1v) is 10.2. The van der Waals surface area contributed by atoms with E-state index in [0.29, 0.717) is 19.3 Å². The molecule has 0 fully saturated rings. The Morgan fingerprint density at radius 3 is 1.88 bits per heavy atom. The Morgan fingerprint density at radius 2 is 1.40 bits per heavy atom. The van der Waals surface area contributed by atoms with Crippen molar-refractivity contribution < 1.29 is 19.8 Å². The number of rotatable bonds is 14. The van der Waals surface area contributed by atoms with Crippen LogP contribution in [0.5, 0.6) is 0 Å². The summed E-state index contributed by atoms with van der Waals surface area (Å²) in [7, 11) is 0. The summed E-state index contributed by atoms with van der Waals surface area (Å²) in [6.45, 7) is 2.23. The van der Waals surface area contributed by atoms with Crippen molar-refractivity contribution >= 4 is 11.9 Å². The van der Waals surface area contributed by atoms with Gasteiger partial charge in [-0.2, -0.15) is 0 Å². The van der Waals surface area contributed by atoms with E-state index in [1.165, 1.54) is 51.4 Å². The summed E-state index contributed by atoms with van der Waals surface area (Å²) in [6, 6.07) is 0. The second-order valence-electron chi connectivity index (χ2n) is 7.55. The highest BCUT2D eigenvalue weighted by Gasteiger charge is 2.48. The van der Waals surface area contributed by atoms with Crippen LogP contribution in [0.1, 0.15) is 96.8 Å². The smallest absolute Gasteiger partial charge is 0.310 e. The molecule has 0 heterocycles. The Kier molecular flexibility index (Phi) is 10.5. The lowest BCUT2D eigenvalue weighted by molar-refractivity contribution is -0.163. The standard InChI is InChI=1S/C21H36O4/c1-2-3-4-5-6-7-8-9-10-11-13-16-21(20(24)25)17-14-12-15-18(21)19(22)23/h12,14,18H,2-11,13,15-17H2,1H3,(H,22,23)(H,24,25). The summed E-state index contributed by atoms with van der Waals surface area (Å²) >= 11 is 0. The predicted molar refractivity (Wildman–Crippen MR) is 101 cm³/mol. The van der Waals surface area contributed by atoms with Crippen LogP contribution in [0.4, 0.5) is 0 Å². The van der Waals surface area contributed by atoms with Gasteiger partial charge in [0, 0.05) is 0 Å². The van der Waals surface area contributed by atoms with Crippen molar-refractivity contribution in [3.05, 3.63) is 12.2 Å². The summed E-state index contributed by atoms with van der Waals surface area (Å²) in [4.78, 5) is 23.3. The van der Waals surface area contributed by atoms with Gasteiger partial charge < -0.3 is 10.2 Å². The van der Waals surface area contributed by atoms with E-state index in [2.05, 4.69) is 6.92 Å². The van der Waals surface area contributed by atoms with Gasteiger partial charge in [-0.25, -0.2) is 0 Å². The molecule has 0 aromatic rings. The first kappa shape index (κ1) is 21.7. The molecule has 0 radical (unpaired) electrons. The lowest BCUT2D eigenvalue weighted by Gasteiger charge is -2.36. The minimum absolute atomic E-state index is 0.333. The second kappa shape index (κ2) is 12.1. The van der Waals surface area contributed by atoms with Crippen LogP contribution in [-0.2, 0) is 9.59 Å². The van der Waals surface area contributed by atoms with Gasteiger partial charge in [-0.15, -0.1) is 0 Å². The zero-order chi connectivity index (χ0) is 18.5. The summed E-state index contributed by atoms with van der Waals surface area (Å²) in [5, 5.41) is 19.1. The van der Waals surface area contributed by atoms with Gasteiger partial charge in [-0.05, 0) is 19.3 Å². The number of hydrogen-bond donors (Lipinski definition) is 2. The third-order valence-corrected chi connectivity index (χ3v) is 5.64. The molecule has 0 saturated carbocycles. The maximum atomic E-state index is 11.8. The van der Waals surface area contributed by atoms with Crippen LogP contribution in [0.2, 0.25) is 0 Å². The normalized spacial score (nSPS) is 22.8. The number of carboxylic acids is 2. The van der Waals surface area contributed by atoms with Crippen molar-refractivity contribution in [2.75, 3.05) is 0 Å². The maximum Gasteiger partial charge on any atom is 0.310 e. The van der Waals surface area contributed by atoms with Gasteiger partial charge in [0.25, 0.3) is 0 Å². The number of carboxylic acid groups (broad SMARTS) is 2. The molecule has 0 aromatic heterocycles. The summed E-state index contributed by atoms with van der Waals surface area (Å²) < 4.78 is 0. The van der Waals surface area contributed by atoms with Crippen molar-refractivity contribution in [3.8, 4) is 0 Å². The van der Waals surface area contributed by atoms with Crippen molar-refractivity contribution in [2.45, 2.75) is 96.8 Å². The SMILES string of the molecule is CCCCCCCCCCCCCC1(C(=O)O)CC=CCC1C(=O)O. The van der Waals surface area contributed by atoms with Gasteiger partial charge in [0.05, 0.1) is 11.3 Å². The Morgan fingerprint density at radius 1 is 0.880 bits per heavy atom. The van der Waals surface area contributed by atoms with Crippen molar-refractivity contribution in [1.82, 2.24) is 0 Å². The molecule has 1 aliphatic rings. The van der Waals surface area contributed by atoms with E-state index in [1.807, 2.05) is 6.08 Å². The molecule has 0 aromatic carbocycles. The topological polar surface area (TPSA) is 74.6 Å². The van der Waals surface area contributed by atoms with Gasteiger partial charge in [0.1, 0.15) is 0 Å². The first-order valence-electron chi connectivity index (χ1n) is 10.2. The van der Waals surface area contributed by atoms with Crippen molar-refractivity contribution in [1.29, 1.82) is 0 Å². The molecular formula is C21H36O4. The third kappa shape index (κ3) is 7.21. The maximum absolute atomic E-state index is 11.8. The summed E-state index contributed by atoms with van der Waals surface area (Å²) in [6.07, 6.45) is 18.2. The molecule has 0 amide bonds. The van der Waals surface area contributed by atoms with Crippen molar-refractivity contribution in [2.24, 2.45) is 11.3 Å². The molecule has 0 bridgehead atoms. The molecular weight excluding hydrogens is 316 g/mol. The average molecular weight is 353 g/mol. The van der Waals surface area contributed by atoms with Gasteiger partial charge in [0.15, 0.2) is 0 Å². The summed E-state index contributed by atoms with van der Waals surface area (Å²) in [5.74, 6) is -2.72. The third-order valence-electron chi connectivity index (χ3n) is 5.64. The highest BCUT2D eigenvalue weighted by molar-refractivity contribution is 5.84. The molecule has 2 N–H and O–H groups in total. The van der Waals surface area contributed by atoms with E-state index >= 15 is 0 Å². The van der Waals surface area contributed by atoms with Crippen molar-refractivity contribution in [3.63, 3.8) is 0 Å². The Hall–Kier alpha value is -1.32. The molecule has 25 heavy (non-hydrogen) atoms. The van der Waals surface area contributed by atoms with E-state index in [-0.39, 0.29) is 0 Å². The van der Waals surface area contributed by atoms with Crippen LogP contribution in [0.3, 0.4) is 0 Å². The quantitative estimate of drug-likeness (QED) is 0.305. The Balaban J connectivity index is 2.23. The van der Waals surface area contributed by atoms with Gasteiger partial charge >= 0.3 is 11.9 Å². The molecule has 1 aliphatic carbocycles. The van der Waals surface area contributed by atoms with E-state index in [1.54, 1.807) is 6.08 Å². The first-order chi connectivity index (χ1) is 12.0. The molecule has 4 nitrogen and oxygen atoms in total. The lowest BCUT2D eigenvalue weighted by atomic mass is 9.66. The molecule has 0 aliphatic heterocycles. The largest absolute Gasteiger partial charge is 0.481 e. The minimum atomic E-state index is -1.11. The number of carbonyl (C=O) groups is 2. The highest BCUT2D eigenvalue weighted by Crippen LogP contribution is 2.43. The molecule has 2 atom stereocenters. The number of hydrogen-bond acceptors (Lipinski definition) is 2. The molecule has 1 rings (SSSR count). The molecule has 4 heteroatoms. The van der Waals surface area contributed by atoms with Crippen LogP contribution < -0.4 is 0 Å². The van der Waals surface area contributed by atoms with Crippen LogP contribution in [0.25, 0.3) is 0 Å². The van der Waals surface area contributed by atoms with Gasteiger partial charge in [0.2, 0.25) is 0 Å². The van der Waals surface area contributed by atoms with Crippen LogP contribution in [-0.4, -0.2) is 22.2 Å². The zero-order valence-electron chi connectivity index (χ0n) is 15.8. The summed E-state index contributed by atoms with van der Waals surface area (Å²) in [5.41, 5.74) is -1.11. The average Bonchev–Trinajstić information content (AvgIpc) is 2.59. The molecule has 144 valence electrons. The fraction of sp³-hybridized carbons (Fsp3) is 0.810. The van der Waals surface area contributed by atoms with Gasteiger partial charge in [-0.3, -0.25) is 9.59 Å². The minimum Gasteiger partial charge on any atom is -0.481 e. The van der Waals surface area contributed by atoms with E-state index in [9.17, 15) is 19.8 Å². The number of allylic oxidation sites excluding steroid dienone is 2. The Bertz CT molecular complexity index is 430. The van der Waals surface area contributed by atoms with E-state index < -0.39 is 23.3 Å². The second-order valence-corrected chi connectivity index (χ2v) is 7.55. The predicted octanol–water partition coefficient (Wildman–Crippen LogP) is 5.81.